The standard InChI is InChI=1S/C26H25FN6O2S/c1-16-20-13-17(19-3-2-6-28-23(19)27)4-5-21(20)30-22(16)25(34)33-14-18(15-33)31-8-10-32(11-9-31)26(35)24-29-7-12-36-24/h2-7,12-13,18,30H,8-11,14-15H2,1H3. The molecule has 4 aromatic rings. The Morgan fingerprint density at radius 1 is 1.03 bits per heavy atom. The first-order valence-corrected chi connectivity index (χ1v) is 12.8. The van der Waals surface area contributed by atoms with Crippen molar-refractivity contribution < 1.29 is 14.0 Å². The molecule has 3 aromatic heterocycles. The number of aryl methyl sites for hydroxylation is 1. The Kier molecular flexibility index (Phi) is 5.77. The van der Waals surface area contributed by atoms with Crippen molar-refractivity contribution in [1.29, 1.82) is 0 Å². The van der Waals surface area contributed by atoms with Crippen molar-refractivity contribution in [3.8, 4) is 11.1 Å². The highest BCUT2D eigenvalue weighted by molar-refractivity contribution is 7.11. The summed E-state index contributed by atoms with van der Waals surface area (Å²) < 4.78 is 14.2. The van der Waals surface area contributed by atoms with Crippen molar-refractivity contribution in [3.63, 3.8) is 0 Å². The number of amides is 2. The van der Waals surface area contributed by atoms with Crippen LogP contribution in [0.5, 0.6) is 0 Å². The second-order valence-electron chi connectivity index (χ2n) is 9.26. The van der Waals surface area contributed by atoms with Crippen LogP contribution in [-0.2, 0) is 0 Å². The number of carbonyl (C=O) groups is 2. The number of hydrogen-bond acceptors (Lipinski definition) is 6. The largest absolute Gasteiger partial charge is 0.350 e. The molecule has 5 heterocycles. The first-order chi connectivity index (χ1) is 17.5. The summed E-state index contributed by atoms with van der Waals surface area (Å²) in [6.45, 7) is 6.19. The van der Waals surface area contributed by atoms with E-state index in [1.165, 1.54) is 17.5 Å². The first-order valence-electron chi connectivity index (χ1n) is 11.9. The zero-order valence-electron chi connectivity index (χ0n) is 19.8. The molecule has 2 aliphatic heterocycles. The molecule has 1 N–H and O–H groups in total. The van der Waals surface area contributed by atoms with Crippen molar-refractivity contribution in [2.24, 2.45) is 0 Å². The van der Waals surface area contributed by atoms with Crippen LogP contribution in [0.2, 0.25) is 0 Å². The summed E-state index contributed by atoms with van der Waals surface area (Å²) in [4.78, 5) is 43.0. The number of carbonyl (C=O) groups excluding carboxylic acids is 2. The number of halogens is 1. The molecule has 0 spiro atoms. The zero-order chi connectivity index (χ0) is 24.8. The Morgan fingerprint density at radius 2 is 1.83 bits per heavy atom. The molecule has 0 bridgehead atoms. The van der Waals surface area contributed by atoms with Gasteiger partial charge in [0.05, 0.1) is 0 Å². The van der Waals surface area contributed by atoms with Crippen molar-refractivity contribution >= 4 is 34.1 Å². The molecule has 184 valence electrons. The second-order valence-corrected chi connectivity index (χ2v) is 10.2. The molecule has 0 aliphatic carbocycles. The summed E-state index contributed by atoms with van der Waals surface area (Å²) >= 11 is 1.37. The molecule has 10 heteroatoms. The van der Waals surface area contributed by atoms with E-state index in [9.17, 15) is 14.0 Å². The lowest BCUT2D eigenvalue weighted by atomic mass is 10.0. The van der Waals surface area contributed by atoms with Crippen LogP contribution in [0.25, 0.3) is 22.0 Å². The first kappa shape index (κ1) is 22.8. The Labute approximate surface area is 211 Å². The van der Waals surface area contributed by atoms with Crippen LogP contribution in [0.15, 0.2) is 48.1 Å². The summed E-state index contributed by atoms with van der Waals surface area (Å²) in [5.41, 5.74) is 3.45. The average Bonchev–Trinajstić information content (AvgIpc) is 3.52. The number of H-pyrrole nitrogens is 1. The van der Waals surface area contributed by atoms with Gasteiger partial charge in [0, 0.05) is 79.6 Å². The maximum atomic E-state index is 14.2. The molecule has 0 unspecified atom stereocenters. The third-order valence-corrected chi connectivity index (χ3v) is 7.99. The molecule has 2 aliphatic rings. The van der Waals surface area contributed by atoms with Gasteiger partial charge in [0.25, 0.3) is 11.8 Å². The van der Waals surface area contributed by atoms with E-state index in [4.69, 9.17) is 0 Å². The van der Waals surface area contributed by atoms with Gasteiger partial charge in [0.1, 0.15) is 5.69 Å². The van der Waals surface area contributed by atoms with E-state index in [-0.39, 0.29) is 11.8 Å². The van der Waals surface area contributed by atoms with Gasteiger partial charge in [0.2, 0.25) is 5.95 Å². The summed E-state index contributed by atoms with van der Waals surface area (Å²) in [6, 6.07) is 9.34. The van der Waals surface area contributed by atoms with Gasteiger partial charge in [-0.05, 0) is 42.3 Å². The fourth-order valence-corrected chi connectivity index (χ4v) is 5.68. The third-order valence-electron chi connectivity index (χ3n) is 7.22. The van der Waals surface area contributed by atoms with Gasteiger partial charge in [-0.15, -0.1) is 11.3 Å². The van der Waals surface area contributed by atoms with Gasteiger partial charge < -0.3 is 14.8 Å². The van der Waals surface area contributed by atoms with Crippen LogP contribution >= 0.6 is 11.3 Å². The Bertz CT molecular complexity index is 1440. The van der Waals surface area contributed by atoms with Crippen molar-refractivity contribution in [2.45, 2.75) is 13.0 Å². The molecule has 2 fully saturated rings. The van der Waals surface area contributed by atoms with E-state index in [1.807, 2.05) is 40.3 Å². The van der Waals surface area contributed by atoms with Gasteiger partial charge in [-0.1, -0.05) is 6.07 Å². The van der Waals surface area contributed by atoms with Crippen LogP contribution < -0.4 is 0 Å². The molecule has 2 amide bonds. The molecule has 0 saturated carbocycles. The van der Waals surface area contributed by atoms with Crippen LogP contribution in [0.4, 0.5) is 4.39 Å². The number of rotatable bonds is 4. The number of piperazine rings is 1. The second kappa shape index (κ2) is 9.11. The molecular formula is C26H25FN6O2S. The summed E-state index contributed by atoms with van der Waals surface area (Å²) in [5, 5.41) is 3.25. The van der Waals surface area contributed by atoms with Crippen LogP contribution in [0, 0.1) is 12.9 Å². The van der Waals surface area contributed by atoms with Gasteiger partial charge >= 0.3 is 0 Å². The SMILES string of the molecule is Cc1c(C(=O)N2CC(N3CCN(C(=O)c4nccs4)CC3)C2)[nH]c2ccc(-c3cccnc3F)cc12. The molecule has 0 radical (unpaired) electrons. The van der Waals surface area contributed by atoms with Crippen LogP contribution in [-0.4, -0.2) is 86.8 Å². The lowest BCUT2D eigenvalue weighted by molar-refractivity contribution is 0.00824. The highest BCUT2D eigenvalue weighted by atomic mass is 32.1. The quantitative estimate of drug-likeness (QED) is 0.431. The average molecular weight is 505 g/mol. The normalized spacial score (nSPS) is 16.9. The highest BCUT2D eigenvalue weighted by Crippen LogP contribution is 2.30. The molecule has 1 aromatic carbocycles. The monoisotopic (exact) mass is 504 g/mol. The number of thiazole rings is 1. The van der Waals surface area contributed by atoms with Crippen molar-refractivity contribution in [2.75, 3.05) is 39.3 Å². The fourth-order valence-electron chi connectivity index (χ4n) is 5.07. The van der Waals surface area contributed by atoms with E-state index in [0.717, 1.165) is 35.1 Å². The Hall–Kier alpha value is -3.63. The van der Waals surface area contributed by atoms with E-state index >= 15 is 0 Å². The predicted octanol–water partition coefficient (Wildman–Crippen LogP) is 3.42. The maximum absolute atomic E-state index is 14.2. The van der Waals surface area contributed by atoms with Crippen LogP contribution in [0.1, 0.15) is 25.9 Å². The Balaban J connectivity index is 1.10. The van der Waals surface area contributed by atoms with E-state index in [0.29, 0.717) is 48.5 Å². The van der Waals surface area contributed by atoms with Crippen molar-refractivity contribution in [1.82, 2.24) is 29.7 Å². The predicted molar refractivity (Wildman–Crippen MR) is 136 cm³/mol. The van der Waals surface area contributed by atoms with Crippen LogP contribution in [0.3, 0.4) is 0 Å². The number of nitrogens with one attached hydrogen (secondary N) is 1. The maximum Gasteiger partial charge on any atom is 0.282 e. The number of aromatic nitrogens is 3. The van der Waals surface area contributed by atoms with Gasteiger partial charge in [-0.3, -0.25) is 14.5 Å². The molecular weight excluding hydrogens is 479 g/mol. The number of aromatic amines is 1. The lowest BCUT2D eigenvalue weighted by Gasteiger charge is -2.48. The smallest absolute Gasteiger partial charge is 0.282 e. The zero-order valence-corrected chi connectivity index (χ0v) is 20.6. The van der Waals surface area contributed by atoms with Crippen molar-refractivity contribution in [3.05, 3.63) is 70.3 Å². The number of nitrogens with zero attached hydrogens (tertiary/aromatic N) is 5. The van der Waals surface area contributed by atoms with E-state index in [1.54, 1.807) is 18.3 Å². The number of hydrogen-bond donors (Lipinski definition) is 1. The van der Waals surface area contributed by atoms with E-state index < -0.39 is 5.95 Å². The molecule has 36 heavy (non-hydrogen) atoms. The topological polar surface area (TPSA) is 85.4 Å². The number of likely N-dealkylation sites (tertiary alicyclic amines) is 1. The number of benzene rings is 1. The molecule has 2 saturated heterocycles. The molecule has 6 rings (SSSR count). The number of pyridine rings is 1. The highest BCUT2D eigenvalue weighted by Gasteiger charge is 2.38. The lowest BCUT2D eigenvalue weighted by Crippen LogP contribution is -2.64. The molecule has 0 atom stereocenters. The minimum absolute atomic E-state index is 0.00114. The Morgan fingerprint density at radius 3 is 2.56 bits per heavy atom. The summed E-state index contributed by atoms with van der Waals surface area (Å²) in [5.74, 6) is -0.535. The summed E-state index contributed by atoms with van der Waals surface area (Å²) in [7, 11) is 0. The van der Waals surface area contributed by atoms with E-state index in [2.05, 4.69) is 19.9 Å². The van der Waals surface area contributed by atoms with Gasteiger partial charge in [-0.2, -0.15) is 4.39 Å². The van der Waals surface area contributed by atoms with Gasteiger partial charge in [-0.25, -0.2) is 9.97 Å². The van der Waals surface area contributed by atoms with Gasteiger partial charge in [0.15, 0.2) is 5.01 Å². The summed E-state index contributed by atoms with van der Waals surface area (Å²) in [6.07, 6.45) is 3.08. The molecule has 8 nitrogen and oxygen atoms in total. The minimum atomic E-state index is -0.513. The minimum Gasteiger partial charge on any atom is -0.350 e. The third kappa shape index (κ3) is 3.96. The fraction of sp³-hybridized carbons (Fsp3) is 0.308. The number of fused-ring (bicyclic) bond motifs is 1.